The molecular weight excluding hydrogens is 450 g/mol. The molecular formula is C23H26BrNO5. The Hall–Kier alpha value is -2.41. The molecule has 0 aromatic heterocycles. The summed E-state index contributed by atoms with van der Waals surface area (Å²) in [6.07, 6.45) is 0.198. The number of carbonyl (C=O) groups is 3. The Kier molecular flexibility index (Phi) is 6.50. The van der Waals surface area contributed by atoms with Crippen LogP contribution >= 0.6 is 15.9 Å². The second-order valence-corrected chi connectivity index (χ2v) is 8.87. The van der Waals surface area contributed by atoms with E-state index in [0.717, 1.165) is 15.7 Å². The van der Waals surface area contributed by atoms with Crippen molar-refractivity contribution in [1.29, 1.82) is 0 Å². The molecule has 1 aromatic rings. The third-order valence-electron chi connectivity index (χ3n) is 5.52. The van der Waals surface area contributed by atoms with E-state index in [1.807, 2.05) is 38.1 Å². The van der Waals surface area contributed by atoms with Gasteiger partial charge in [0.25, 0.3) is 0 Å². The van der Waals surface area contributed by atoms with Crippen molar-refractivity contribution in [2.24, 2.45) is 11.8 Å². The lowest BCUT2D eigenvalue weighted by atomic mass is 9.69. The summed E-state index contributed by atoms with van der Waals surface area (Å²) in [7, 11) is 1.28. The first kappa shape index (κ1) is 22.3. The Morgan fingerprint density at radius 2 is 1.90 bits per heavy atom. The second kappa shape index (κ2) is 8.76. The molecule has 0 unspecified atom stereocenters. The molecule has 160 valence electrons. The third-order valence-corrected chi connectivity index (χ3v) is 6.24. The van der Waals surface area contributed by atoms with Crippen LogP contribution in [0.5, 0.6) is 0 Å². The van der Waals surface area contributed by atoms with Crippen LogP contribution in [0.3, 0.4) is 0 Å². The maximum atomic E-state index is 13.6. The zero-order valence-corrected chi connectivity index (χ0v) is 19.3. The molecule has 1 aromatic carbocycles. The molecule has 1 aliphatic carbocycles. The van der Waals surface area contributed by atoms with Gasteiger partial charge in [0.15, 0.2) is 5.78 Å². The van der Waals surface area contributed by atoms with Crippen molar-refractivity contribution in [3.05, 3.63) is 56.8 Å². The minimum absolute atomic E-state index is 0.215. The molecule has 2 aliphatic rings. The number of allylic oxidation sites excluding steroid dienone is 3. The van der Waals surface area contributed by atoms with Gasteiger partial charge in [-0.25, -0.2) is 4.79 Å². The summed E-state index contributed by atoms with van der Waals surface area (Å²) in [5, 5.41) is 3.25. The standard InChI is InChI=1S/C23H26BrNO5/c1-11(2)30-23(28)18-13(4)25-16-10-12(3)17(22(27)29-5)21(26)20(16)19(18)14-8-6-7-9-15(14)24/h6-9,11-12,17,19,25H,10H2,1-5H3/t12-,17-,19+/m0/s1. The predicted octanol–water partition coefficient (Wildman–Crippen LogP) is 4.01. The van der Waals surface area contributed by atoms with E-state index in [2.05, 4.69) is 21.2 Å². The van der Waals surface area contributed by atoms with Crippen molar-refractivity contribution >= 4 is 33.7 Å². The minimum Gasteiger partial charge on any atom is -0.468 e. The molecule has 0 fully saturated rings. The van der Waals surface area contributed by atoms with Gasteiger partial charge in [0.2, 0.25) is 0 Å². The monoisotopic (exact) mass is 475 g/mol. The topological polar surface area (TPSA) is 81.7 Å². The van der Waals surface area contributed by atoms with Gasteiger partial charge >= 0.3 is 11.9 Å². The summed E-state index contributed by atoms with van der Waals surface area (Å²) in [6, 6.07) is 7.47. The van der Waals surface area contributed by atoms with E-state index in [4.69, 9.17) is 9.47 Å². The number of nitrogens with one attached hydrogen (secondary N) is 1. The summed E-state index contributed by atoms with van der Waals surface area (Å²) in [5.41, 5.74) is 2.97. The number of methoxy groups -OCH3 is 1. The van der Waals surface area contributed by atoms with E-state index in [1.54, 1.807) is 13.8 Å². The molecule has 3 rings (SSSR count). The fraction of sp³-hybridized carbons (Fsp3) is 0.435. The van der Waals surface area contributed by atoms with Crippen molar-refractivity contribution in [1.82, 2.24) is 5.32 Å². The maximum Gasteiger partial charge on any atom is 0.337 e. The van der Waals surface area contributed by atoms with Crippen LogP contribution in [-0.2, 0) is 23.9 Å². The number of benzene rings is 1. The highest BCUT2D eigenvalue weighted by Gasteiger charge is 2.47. The molecule has 0 bridgehead atoms. The highest BCUT2D eigenvalue weighted by Crippen LogP contribution is 2.47. The third kappa shape index (κ3) is 3.95. The number of ether oxygens (including phenoxy) is 2. The number of hydrogen-bond acceptors (Lipinski definition) is 6. The van der Waals surface area contributed by atoms with Gasteiger partial charge in [-0.15, -0.1) is 0 Å². The highest BCUT2D eigenvalue weighted by atomic mass is 79.9. The van der Waals surface area contributed by atoms with Gasteiger partial charge in [0, 0.05) is 27.4 Å². The van der Waals surface area contributed by atoms with Crippen molar-refractivity contribution < 1.29 is 23.9 Å². The minimum atomic E-state index is -0.902. The highest BCUT2D eigenvalue weighted by molar-refractivity contribution is 9.10. The molecule has 1 aliphatic heterocycles. The number of halogens is 1. The molecule has 0 spiro atoms. The van der Waals surface area contributed by atoms with Gasteiger partial charge in [-0.2, -0.15) is 0 Å². The number of rotatable bonds is 4. The average Bonchev–Trinajstić information content (AvgIpc) is 2.66. The van der Waals surface area contributed by atoms with Crippen LogP contribution in [0, 0.1) is 11.8 Å². The Labute approximate surface area is 184 Å². The number of ketones is 1. The van der Waals surface area contributed by atoms with E-state index in [1.165, 1.54) is 7.11 Å². The number of dihydropyridines is 1. The van der Waals surface area contributed by atoms with Crippen LogP contribution in [0.2, 0.25) is 0 Å². The molecule has 0 radical (unpaired) electrons. The zero-order valence-electron chi connectivity index (χ0n) is 17.7. The molecule has 1 N–H and O–H groups in total. The first-order valence-electron chi connectivity index (χ1n) is 9.95. The number of Topliss-reactive ketones (excluding diaryl/α,β-unsaturated/α-hetero) is 1. The van der Waals surface area contributed by atoms with Crippen LogP contribution in [0.15, 0.2) is 51.3 Å². The van der Waals surface area contributed by atoms with E-state index >= 15 is 0 Å². The van der Waals surface area contributed by atoms with Crippen LogP contribution in [0.25, 0.3) is 0 Å². The summed E-state index contributed by atoms with van der Waals surface area (Å²) < 4.78 is 11.2. The predicted molar refractivity (Wildman–Crippen MR) is 115 cm³/mol. The Morgan fingerprint density at radius 1 is 1.23 bits per heavy atom. The normalized spacial score (nSPS) is 23.8. The Morgan fingerprint density at radius 3 is 2.50 bits per heavy atom. The smallest absolute Gasteiger partial charge is 0.337 e. The van der Waals surface area contributed by atoms with E-state index in [9.17, 15) is 14.4 Å². The van der Waals surface area contributed by atoms with Crippen LogP contribution in [-0.4, -0.2) is 30.9 Å². The summed E-state index contributed by atoms with van der Waals surface area (Å²) in [5.74, 6) is -3.11. The summed E-state index contributed by atoms with van der Waals surface area (Å²) in [4.78, 5) is 39.0. The molecule has 30 heavy (non-hydrogen) atoms. The second-order valence-electron chi connectivity index (χ2n) is 8.01. The fourth-order valence-electron chi connectivity index (χ4n) is 4.25. The van der Waals surface area contributed by atoms with E-state index < -0.39 is 23.8 Å². The van der Waals surface area contributed by atoms with Gasteiger partial charge in [-0.05, 0) is 44.7 Å². The molecule has 0 amide bonds. The number of hydrogen-bond donors (Lipinski definition) is 1. The lowest BCUT2D eigenvalue weighted by molar-refractivity contribution is -0.151. The summed E-state index contributed by atoms with van der Waals surface area (Å²) in [6.45, 7) is 7.23. The lowest BCUT2D eigenvalue weighted by Gasteiger charge is -2.38. The van der Waals surface area contributed by atoms with Crippen molar-refractivity contribution in [2.45, 2.75) is 46.1 Å². The average molecular weight is 476 g/mol. The zero-order chi connectivity index (χ0) is 22.2. The maximum absolute atomic E-state index is 13.6. The summed E-state index contributed by atoms with van der Waals surface area (Å²) >= 11 is 3.56. The van der Waals surface area contributed by atoms with Crippen LogP contribution in [0.4, 0.5) is 0 Å². The van der Waals surface area contributed by atoms with Crippen molar-refractivity contribution in [3.63, 3.8) is 0 Å². The molecule has 6 nitrogen and oxygen atoms in total. The Bertz CT molecular complexity index is 962. The van der Waals surface area contributed by atoms with Gasteiger partial charge in [-0.3, -0.25) is 9.59 Å². The Balaban J connectivity index is 2.21. The lowest BCUT2D eigenvalue weighted by Crippen LogP contribution is -2.43. The number of carbonyl (C=O) groups excluding carboxylic acids is 3. The molecule has 3 atom stereocenters. The van der Waals surface area contributed by atoms with Gasteiger partial charge in [-0.1, -0.05) is 41.1 Å². The SMILES string of the molecule is COC(=O)[C@@H]1C(=O)C2=C(C[C@@H]1C)NC(C)=C(C(=O)OC(C)C)[C@H]2c1ccccc1Br. The van der Waals surface area contributed by atoms with E-state index in [-0.39, 0.29) is 17.8 Å². The van der Waals surface area contributed by atoms with Crippen LogP contribution < -0.4 is 5.32 Å². The molecule has 0 saturated heterocycles. The number of esters is 2. The quantitative estimate of drug-likeness (QED) is 0.523. The van der Waals surface area contributed by atoms with Crippen LogP contribution in [0.1, 0.15) is 45.6 Å². The van der Waals surface area contributed by atoms with Gasteiger partial charge < -0.3 is 14.8 Å². The fourth-order valence-corrected chi connectivity index (χ4v) is 4.76. The molecule has 0 saturated carbocycles. The van der Waals surface area contributed by atoms with E-state index in [0.29, 0.717) is 23.3 Å². The van der Waals surface area contributed by atoms with Crippen molar-refractivity contribution in [3.8, 4) is 0 Å². The first-order valence-corrected chi connectivity index (χ1v) is 10.7. The molecule has 1 heterocycles. The first-order chi connectivity index (χ1) is 14.2. The van der Waals surface area contributed by atoms with Gasteiger partial charge in [0.05, 0.1) is 18.8 Å². The van der Waals surface area contributed by atoms with Crippen molar-refractivity contribution in [2.75, 3.05) is 7.11 Å². The molecule has 7 heteroatoms. The largest absolute Gasteiger partial charge is 0.468 e. The van der Waals surface area contributed by atoms with Gasteiger partial charge in [0.1, 0.15) is 5.92 Å².